The number of hydrogen-bond donors (Lipinski definition) is 0. The Labute approximate surface area is 160 Å². The molecule has 0 heterocycles. The third kappa shape index (κ3) is 5.45. The van der Waals surface area contributed by atoms with Gasteiger partial charge >= 0.3 is 5.97 Å². The van der Waals surface area contributed by atoms with E-state index in [9.17, 15) is 4.79 Å². The normalized spacial score (nSPS) is 10.6. The topological polar surface area (TPSA) is 35.5 Å². The number of carbonyl (C=O) groups is 1. The summed E-state index contributed by atoms with van der Waals surface area (Å²) in [6.45, 7) is 5.00. The van der Waals surface area contributed by atoms with Gasteiger partial charge in [-0.15, -0.1) is 0 Å². The molecule has 0 aliphatic rings. The molecule has 0 fully saturated rings. The summed E-state index contributed by atoms with van der Waals surface area (Å²) in [5.41, 5.74) is 2.71. The lowest BCUT2D eigenvalue weighted by molar-refractivity contribution is 0.0734. The highest BCUT2D eigenvalue weighted by Gasteiger charge is 2.09. The Hall–Kier alpha value is -3.07. The quantitative estimate of drug-likeness (QED) is 0.383. The average Bonchev–Trinajstić information content (AvgIpc) is 2.69. The summed E-state index contributed by atoms with van der Waals surface area (Å²) in [4.78, 5) is 12.3. The van der Waals surface area contributed by atoms with Gasteiger partial charge in [-0.05, 0) is 59.9 Å². The molecule has 3 aromatic rings. The van der Waals surface area contributed by atoms with E-state index in [1.54, 1.807) is 24.3 Å². The number of benzene rings is 3. The van der Waals surface area contributed by atoms with Crippen molar-refractivity contribution < 1.29 is 14.3 Å². The van der Waals surface area contributed by atoms with Crippen molar-refractivity contribution in [2.75, 3.05) is 6.61 Å². The van der Waals surface area contributed by atoms with E-state index < -0.39 is 0 Å². The average molecular weight is 360 g/mol. The molecule has 0 spiro atoms. The van der Waals surface area contributed by atoms with Gasteiger partial charge in [0.1, 0.15) is 11.5 Å². The van der Waals surface area contributed by atoms with Gasteiger partial charge in [-0.25, -0.2) is 4.79 Å². The molecule has 3 heteroatoms. The van der Waals surface area contributed by atoms with Crippen LogP contribution in [0.5, 0.6) is 11.5 Å². The lowest BCUT2D eigenvalue weighted by Gasteiger charge is -2.09. The summed E-state index contributed by atoms with van der Waals surface area (Å²) in [6.07, 6.45) is 1.00. The highest BCUT2D eigenvalue weighted by Crippen LogP contribution is 2.23. The standard InChI is InChI=1S/C24H24O3/c1-18(2)16-17-26-22-12-10-21(11-13-22)24(25)27-23-14-8-20(9-15-23)19-6-4-3-5-7-19/h3-15,18H,16-17H2,1-2H3. The zero-order valence-corrected chi connectivity index (χ0v) is 15.7. The van der Waals surface area contributed by atoms with Gasteiger partial charge in [-0.2, -0.15) is 0 Å². The van der Waals surface area contributed by atoms with Gasteiger partial charge < -0.3 is 9.47 Å². The first-order chi connectivity index (χ1) is 13.1. The maximum atomic E-state index is 12.3. The number of esters is 1. The van der Waals surface area contributed by atoms with Crippen LogP contribution in [0.25, 0.3) is 11.1 Å². The molecule has 27 heavy (non-hydrogen) atoms. The fourth-order valence-electron chi connectivity index (χ4n) is 2.61. The second-order valence-electron chi connectivity index (χ2n) is 6.84. The molecule has 3 rings (SSSR count). The Kier molecular flexibility index (Phi) is 6.26. The molecular weight excluding hydrogens is 336 g/mol. The SMILES string of the molecule is CC(C)CCOc1ccc(C(=O)Oc2ccc(-c3ccccc3)cc2)cc1. The molecule has 0 aromatic heterocycles. The molecule has 3 aromatic carbocycles. The third-order valence-corrected chi connectivity index (χ3v) is 4.23. The number of rotatable bonds is 7. The van der Waals surface area contributed by atoms with Crippen LogP contribution in [0, 0.1) is 5.92 Å². The van der Waals surface area contributed by atoms with Gasteiger partial charge in [0.05, 0.1) is 12.2 Å². The fraction of sp³-hybridized carbons (Fsp3) is 0.208. The Morgan fingerprint density at radius 3 is 2.00 bits per heavy atom. The number of hydrogen-bond acceptors (Lipinski definition) is 3. The molecule has 3 nitrogen and oxygen atoms in total. The maximum Gasteiger partial charge on any atom is 0.343 e. The monoisotopic (exact) mass is 360 g/mol. The van der Waals surface area contributed by atoms with Crippen LogP contribution < -0.4 is 9.47 Å². The summed E-state index contributed by atoms with van der Waals surface area (Å²) >= 11 is 0. The smallest absolute Gasteiger partial charge is 0.343 e. The minimum Gasteiger partial charge on any atom is -0.494 e. The zero-order chi connectivity index (χ0) is 19.1. The minimum atomic E-state index is -0.379. The molecule has 0 bridgehead atoms. The largest absolute Gasteiger partial charge is 0.494 e. The van der Waals surface area contributed by atoms with Crippen molar-refractivity contribution in [1.82, 2.24) is 0 Å². The van der Waals surface area contributed by atoms with Gasteiger partial charge in [0.15, 0.2) is 0 Å². The van der Waals surface area contributed by atoms with Gasteiger partial charge in [0, 0.05) is 0 Å². The summed E-state index contributed by atoms with van der Waals surface area (Å²) in [6, 6.07) is 24.7. The van der Waals surface area contributed by atoms with E-state index >= 15 is 0 Å². The maximum absolute atomic E-state index is 12.3. The van der Waals surface area contributed by atoms with E-state index in [0.717, 1.165) is 23.3 Å². The Bertz CT molecular complexity index is 850. The van der Waals surface area contributed by atoms with Crippen LogP contribution in [-0.2, 0) is 0 Å². The van der Waals surface area contributed by atoms with E-state index in [1.807, 2.05) is 54.6 Å². The number of ether oxygens (including phenoxy) is 2. The van der Waals surface area contributed by atoms with Crippen molar-refractivity contribution in [2.45, 2.75) is 20.3 Å². The summed E-state index contributed by atoms with van der Waals surface area (Å²) < 4.78 is 11.1. The Morgan fingerprint density at radius 1 is 0.778 bits per heavy atom. The van der Waals surface area contributed by atoms with E-state index in [4.69, 9.17) is 9.47 Å². The minimum absolute atomic E-state index is 0.379. The highest BCUT2D eigenvalue weighted by atomic mass is 16.5. The molecule has 0 saturated heterocycles. The van der Waals surface area contributed by atoms with Crippen molar-refractivity contribution in [3.63, 3.8) is 0 Å². The van der Waals surface area contributed by atoms with Gasteiger partial charge in [-0.1, -0.05) is 56.3 Å². The highest BCUT2D eigenvalue weighted by molar-refractivity contribution is 5.91. The van der Waals surface area contributed by atoms with Crippen LogP contribution in [0.15, 0.2) is 78.9 Å². The van der Waals surface area contributed by atoms with Crippen LogP contribution in [-0.4, -0.2) is 12.6 Å². The summed E-state index contributed by atoms with van der Waals surface area (Å²) in [7, 11) is 0. The number of carbonyl (C=O) groups excluding carboxylic acids is 1. The molecule has 0 atom stereocenters. The Morgan fingerprint density at radius 2 is 1.37 bits per heavy atom. The van der Waals surface area contributed by atoms with Gasteiger partial charge in [0.2, 0.25) is 0 Å². The lowest BCUT2D eigenvalue weighted by Crippen LogP contribution is -2.08. The third-order valence-electron chi connectivity index (χ3n) is 4.23. The Balaban J connectivity index is 1.58. The molecule has 138 valence electrons. The first-order valence-electron chi connectivity index (χ1n) is 9.22. The van der Waals surface area contributed by atoms with Crippen LogP contribution in [0.4, 0.5) is 0 Å². The summed E-state index contributed by atoms with van der Waals surface area (Å²) in [5, 5.41) is 0. The zero-order valence-electron chi connectivity index (χ0n) is 15.7. The molecule has 0 saturated carbocycles. The summed E-state index contributed by atoms with van der Waals surface area (Å²) in [5.74, 6) is 1.51. The first-order valence-corrected chi connectivity index (χ1v) is 9.22. The van der Waals surface area contributed by atoms with Gasteiger partial charge in [-0.3, -0.25) is 0 Å². The fourth-order valence-corrected chi connectivity index (χ4v) is 2.61. The van der Waals surface area contributed by atoms with Crippen molar-refractivity contribution >= 4 is 5.97 Å². The molecule has 0 N–H and O–H groups in total. The predicted molar refractivity (Wildman–Crippen MR) is 108 cm³/mol. The van der Waals surface area contributed by atoms with Gasteiger partial charge in [0.25, 0.3) is 0 Å². The molecule has 0 unspecified atom stereocenters. The first kappa shape index (κ1) is 18.7. The van der Waals surface area contributed by atoms with Crippen LogP contribution in [0.1, 0.15) is 30.6 Å². The van der Waals surface area contributed by atoms with E-state index in [2.05, 4.69) is 13.8 Å². The van der Waals surface area contributed by atoms with E-state index in [0.29, 0.717) is 23.8 Å². The second kappa shape index (κ2) is 9.04. The molecular formula is C24H24O3. The van der Waals surface area contributed by atoms with Crippen molar-refractivity contribution in [3.8, 4) is 22.6 Å². The van der Waals surface area contributed by atoms with Crippen molar-refractivity contribution in [1.29, 1.82) is 0 Å². The molecule has 0 aliphatic carbocycles. The lowest BCUT2D eigenvalue weighted by atomic mass is 10.1. The van der Waals surface area contributed by atoms with Crippen molar-refractivity contribution in [2.24, 2.45) is 5.92 Å². The van der Waals surface area contributed by atoms with Crippen LogP contribution in [0.2, 0.25) is 0 Å². The molecule has 0 aliphatic heterocycles. The second-order valence-corrected chi connectivity index (χ2v) is 6.84. The predicted octanol–water partition coefficient (Wildman–Crippen LogP) is 6.00. The molecule has 0 radical (unpaired) electrons. The van der Waals surface area contributed by atoms with Crippen molar-refractivity contribution in [3.05, 3.63) is 84.4 Å². The van der Waals surface area contributed by atoms with E-state index in [-0.39, 0.29) is 5.97 Å². The van der Waals surface area contributed by atoms with Crippen LogP contribution >= 0.6 is 0 Å². The van der Waals surface area contributed by atoms with Crippen LogP contribution in [0.3, 0.4) is 0 Å². The molecule has 0 amide bonds. The van der Waals surface area contributed by atoms with E-state index in [1.165, 1.54) is 0 Å².